The number of likely N-dealkylation sites (tertiary alicyclic amines) is 1. The molecule has 0 bridgehead atoms. The zero-order valence-electron chi connectivity index (χ0n) is 18.7. The summed E-state index contributed by atoms with van der Waals surface area (Å²) < 4.78 is 0. The van der Waals surface area contributed by atoms with E-state index in [0.717, 1.165) is 11.1 Å². The van der Waals surface area contributed by atoms with Crippen LogP contribution in [-0.2, 0) is 9.59 Å². The third kappa shape index (κ3) is 4.51. The van der Waals surface area contributed by atoms with Crippen molar-refractivity contribution in [3.05, 3.63) is 69.7 Å². The molecule has 7 heteroatoms. The number of carboxylic acid groups (broad SMARTS) is 1. The monoisotopic (exact) mass is 489 g/mol. The minimum absolute atomic E-state index is 0.0436. The number of rotatable bonds is 7. The molecule has 1 heterocycles. The van der Waals surface area contributed by atoms with E-state index < -0.39 is 17.3 Å². The minimum atomic E-state index is -0.844. The lowest BCUT2D eigenvalue weighted by atomic mass is 9.65. The number of carboxylic acids is 1. The van der Waals surface area contributed by atoms with Crippen LogP contribution in [0.15, 0.2) is 48.5 Å². The highest BCUT2D eigenvalue weighted by Crippen LogP contribution is 2.61. The number of piperidine rings is 1. The van der Waals surface area contributed by atoms with Crippen LogP contribution in [0.4, 0.5) is 0 Å². The molecule has 4 rings (SSSR count). The number of aliphatic hydroxyl groups excluding tert-OH is 1. The minimum Gasteiger partial charge on any atom is -0.481 e. The molecule has 2 aliphatic rings. The van der Waals surface area contributed by atoms with Gasteiger partial charge in [0.1, 0.15) is 0 Å². The SMILES string of the molecule is C[C@@H](CCO)N1C(=O)[C@@](C)([C@H]2C[C@@H]2C(=O)O)C[C@H](c2cccc(Cl)c2)[C@H]1c1ccc(Cl)cc1. The average molecular weight is 490 g/mol. The second kappa shape index (κ2) is 9.28. The number of aliphatic hydroxyl groups is 1. The first-order valence-corrected chi connectivity index (χ1v) is 12.1. The van der Waals surface area contributed by atoms with E-state index >= 15 is 0 Å². The Bertz CT molecular complexity index is 1040. The van der Waals surface area contributed by atoms with Gasteiger partial charge in [0.05, 0.1) is 17.4 Å². The Morgan fingerprint density at radius 1 is 1.15 bits per heavy atom. The Morgan fingerprint density at radius 3 is 2.42 bits per heavy atom. The maximum atomic E-state index is 14.1. The molecule has 6 atom stereocenters. The second-order valence-corrected chi connectivity index (χ2v) is 10.5. The topological polar surface area (TPSA) is 77.8 Å². The van der Waals surface area contributed by atoms with Crippen molar-refractivity contribution < 1.29 is 19.8 Å². The van der Waals surface area contributed by atoms with Crippen LogP contribution in [-0.4, -0.2) is 39.6 Å². The van der Waals surface area contributed by atoms with E-state index in [-0.39, 0.29) is 36.4 Å². The molecule has 5 nitrogen and oxygen atoms in total. The van der Waals surface area contributed by atoms with Crippen molar-refractivity contribution in [1.82, 2.24) is 4.90 Å². The van der Waals surface area contributed by atoms with Crippen molar-refractivity contribution in [3.8, 4) is 0 Å². The van der Waals surface area contributed by atoms with Crippen molar-refractivity contribution in [2.75, 3.05) is 6.61 Å². The fourth-order valence-corrected chi connectivity index (χ4v) is 5.97. The fourth-order valence-electron chi connectivity index (χ4n) is 5.64. The number of hydrogen-bond acceptors (Lipinski definition) is 3. The molecule has 0 aromatic heterocycles. The maximum absolute atomic E-state index is 14.1. The van der Waals surface area contributed by atoms with Gasteiger partial charge in [0.15, 0.2) is 0 Å². The maximum Gasteiger partial charge on any atom is 0.306 e. The summed E-state index contributed by atoms with van der Waals surface area (Å²) in [5.74, 6) is -1.69. The number of benzene rings is 2. The normalized spacial score (nSPS) is 30.2. The summed E-state index contributed by atoms with van der Waals surface area (Å²) in [5.41, 5.74) is 1.15. The number of hydrogen-bond donors (Lipinski definition) is 2. The molecule has 0 radical (unpaired) electrons. The Morgan fingerprint density at radius 2 is 1.85 bits per heavy atom. The van der Waals surface area contributed by atoms with Crippen molar-refractivity contribution in [3.63, 3.8) is 0 Å². The van der Waals surface area contributed by atoms with Crippen LogP contribution < -0.4 is 0 Å². The Hall–Kier alpha value is -2.08. The van der Waals surface area contributed by atoms with Crippen molar-refractivity contribution >= 4 is 35.1 Å². The van der Waals surface area contributed by atoms with E-state index in [2.05, 4.69) is 0 Å². The van der Waals surface area contributed by atoms with Crippen molar-refractivity contribution in [2.24, 2.45) is 17.3 Å². The van der Waals surface area contributed by atoms with Gasteiger partial charge in [0, 0.05) is 28.6 Å². The first-order chi connectivity index (χ1) is 15.7. The molecular weight excluding hydrogens is 461 g/mol. The first-order valence-electron chi connectivity index (χ1n) is 11.3. The van der Waals surface area contributed by atoms with Gasteiger partial charge in [-0.1, -0.05) is 54.4 Å². The lowest BCUT2D eigenvalue weighted by molar-refractivity contribution is -0.157. The second-order valence-electron chi connectivity index (χ2n) is 9.64. The molecule has 2 aromatic rings. The standard InChI is InChI=1S/C26H29Cl2NO4/c1-15(10-11-30)29-23(16-6-8-18(27)9-7-16)21(17-4-3-5-19(28)12-17)14-26(2,25(29)33)22-13-20(22)24(31)32/h3-9,12,15,20-23,30H,10-11,13-14H2,1-2H3,(H,31,32)/t15-,20-,21+,22-,23+,26+/m0/s1. The number of amides is 1. The fraction of sp³-hybridized carbons (Fsp3) is 0.462. The van der Waals surface area contributed by atoms with Gasteiger partial charge in [-0.2, -0.15) is 0 Å². The summed E-state index contributed by atoms with van der Waals surface area (Å²) >= 11 is 12.5. The molecule has 0 spiro atoms. The van der Waals surface area contributed by atoms with Crippen LogP contribution in [0.5, 0.6) is 0 Å². The molecule has 2 N–H and O–H groups in total. The molecule has 2 aromatic carbocycles. The quantitative estimate of drug-likeness (QED) is 0.534. The van der Waals surface area contributed by atoms with Crippen LogP contribution in [0.25, 0.3) is 0 Å². The average Bonchev–Trinajstić information content (AvgIpc) is 3.58. The van der Waals surface area contributed by atoms with Gasteiger partial charge >= 0.3 is 5.97 Å². The zero-order chi connectivity index (χ0) is 23.9. The van der Waals surface area contributed by atoms with E-state index in [0.29, 0.717) is 29.3 Å². The largest absolute Gasteiger partial charge is 0.481 e. The molecule has 1 aliphatic heterocycles. The number of carbonyl (C=O) groups is 2. The number of halogens is 2. The highest BCUT2D eigenvalue weighted by molar-refractivity contribution is 6.30. The van der Waals surface area contributed by atoms with Crippen LogP contribution in [0.2, 0.25) is 10.0 Å². The van der Waals surface area contributed by atoms with Crippen LogP contribution in [0.3, 0.4) is 0 Å². The lowest BCUT2D eigenvalue weighted by Crippen LogP contribution is -2.56. The summed E-state index contributed by atoms with van der Waals surface area (Å²) in [6, 6.07) is 14.7. The highest BCUT2D eigenvalue weighted by Gasteiger charge is 2.62. The summed E-state index contributed by atoms with van der Waals surface area (Å²) in [7, 11) is 0. The third-order valence-corrected chi connectivity index (χ3v) is 7.97. The van der Waals surface area contributed by atoms with E-state index in [1.54, 1.807) is 0 Å². The Kier molecular flexibility index (Phi) is 6.77. The van der Waals surface area contributed by atoms with Crippen molar-refractivity contribution in [2.45, 2.75) is 51.1 Å². The molecule has 2 fully saturated rings. The van der Waals surface area contributed by atoms with E-state index in [9.17, 15) is 19.8 Å². The van der Waals surface area contributed by atoms with E-state index in [1.165, 1.54) is 0 Å². The van der Waals surface area contributed by atoms with Gasteiger partial charge < -0.3 is 15.1 Å². The van der Waals surface area contributed by atoms with E-state index in [1.807, 2.05) is 67.3 Å². The van der Waals surface area contributed by atoms with Gasteiger partial charge in [0.25, 0.3) is 0 Å². The Labute approximate surface area is 204 Å². The summed E-state index contributed by atoms with van der Waals surface area (Å²) in [6.45, 7) is 3.81. The molecule has 33 heavy (non-hydrogen) atoms. The smallest absolute Gasteiger partial charge is 0.306 e. The molecule has 0 unspecified atom stereocenters. The highest BCUT2D eigenvalue weighted by atomic mass is 35.5. The van der Waals surface area contributed by atoms with Crippen LogP contribution in [0.1, 0.15) is 56.2 Å². The third-order valence-electron chi connectivity index (χ3n) is 7.48. The summed E-state index contributed by atoms with van der Waals surface area (Å²) in [4.78, 5) is 27.7. The number of nitrogens with zero attached hydrogens (tertiary/aromatic N) is 1. The Balaban J connectivity index is 1.86. The lowest BCUT2D eigenvalue weighted by Gasteiger charge is -2.52. The molecule has 1 amide bonds. The molecular formula is C26H29Cl2NO4. The van der Waals surface area contributed by atoms with E-state index in [4.69, 9.17) is 23.2 Å². The van der Waals surface area contributed by atoms with Gasteiger partial charge in [-0.15, -0.1) is 0 Å². The predicted octanol–water partition coefficient (Wildman–Crippen LogP) is 5.55. The number of carbonyl (C=O) groups excluding carboxylic acids is 1. The van der Waals surface area contributed by atoms with Crippen LogP contribution >= 0.6 is 23.2 Å². The molecule has 1 saturated heterocycles. The summed E-state index contributed by atoms with van der Waals surface area (Å²) in [5, 5.41) is 20.5. The van der Waals surface area contributed by atoms with Gasteiger partial charge in [0.2, 0.25) is 5.91 Å². The zero-order valence-corrected chi connectivity index (χ0v) is 20.3. The van der Waals surface area contributed by atoms with Gasteiger partial charge in [-0.05, 0) is 67.5 Å². The molecule has 1 aliphatic carbocycles. The summed E-state index contributed by atoms with van der Waals surface area (Å²) in [6.07, 6.45) is 1.46. The van der Waals surface area contributed by atoms with Gasteiger partial charge in [-0.3, -0.25) is 9.59 Å². The molecule has 1 saturated carbocycles. The molecule has 176 valence electrons. The van der Waals surface area contributed by atoms with Crippen molar-refractivity contribution in [1.29, 1.82) is 0 Å². The predicted molar refractivity (Wildman–Crippen MR) is 128 cm³/mol. The first kappa shape index (κ1) is 24.1. The van der Waals surface area contributed by atoms with Gasteiger partial charge in [-0.25, -0.2) is 0 Å². The number of aliphatic carboxylic acids is 1. The van der Waals surface area contributed by atoms with Crippen LogP contribution in [0, 0.1) is 17.3 Å².